The largest absolute Gasteiger partial charge is 0.489 e. The third-order valence-corrected chi connectivity index (χ3v) is 4.48. The maximum atomic E-state index is 12.9. The smallest absolute Gasteiger partial charge is 0.261 e. The third kappa shape index (κ3) is 7.65. The summed E-state index contributed by atoms with van der Waals surface area (Å²) in [5.41, 5.74) is 0. The average Bonchev–Trinajstić information content (AvgIpc) is 3.20. The summed E-state index contributed by atoms with van der Waals surface area (Å²) in [6, 6.07) is 9.60. The number of aliphatic imine (C=N–C) groups is 1. The first-order chi connectivity index (χ1) is 13.1. The molecule has 1 atom stereocenters. The predicted octanol–water partition coefficient (Wildman–Crippen LogP) is 2.64. The Balaban J connectivity index is 1.59. The Morgan fingerprint density at radius 2 is 1.93 bits per heavy atom. The number of amides is 1. The standard InChI is InChI=1S/C19H25FN4O2S/c1-14(26-16-8-6-15(20)7-9-16)13-24-19(21-2)23-11-4-10-22-18(25)17-5-3-12-27-17/h3,5-9,12,14H,4,10-11,13H2,1-2H3,(H,22,25)(H2,21,23,24). The van der Waals surface area contributed by atoms with Crippen molar-refractivity contribution in [2.75, 3.05) is 26.7 Å². The summed E-state index contributed by atoms with van der Waals surface area (Å²) >= 11 is 1.43. The molecular weight excluding hydrogens is 367 g/mol. The number of hydrogen-bond donors (Lipinski definition) is 3. The number of guanidine groups is 1. The monoisotopic (exact) mass is 392 g/mol. The molecule has 1 heterocycles. The Morgan fingerprint density at radius 1 is 1.19 bits per heavy atom. The van der Waals surface area contributed by atoms with Crippen LogP contribution in [0.2, 0.25) is 0 Å². The Bertz CT molecular complexity index is 720. The van der Waals surface area contributed by atoms with E-state index >= 15 is 0 Å². The number of carbonyl (C=O) groups excluding carboxylic acids is 1. The number of benzene rings is 1. The van der Waals surface area contributed by atoms with Gasteiger partial charge in [-0.25, -0.2) is 4.39 Å². The van der Waals surface area contributed by atoms with Gasteiger partial charge in [0, 0.05) is 20.1 Å². The van der Waals surface area contributed by atoms with Crippen molar-refractivity contribution in [3.8, 4) is 5.75 Å². The van der Waals surface area contributed by atoms with Crippen molar-refractivity contribution in [1.29, 1.82) is 0 Å². The van der Waals surface area contributed by atoms with Crippen molar-refractivity contribution >= 4 is 23.2 Å². The molecule has 0 spiro atoms. The Morgan fingerprint density at radius 3 is 2.59 bits per heavy atom. The number of carbonyl (C=O) groups is 1. The van der Waals surface area contributed by atoms with Crippen LogP contribution in [-0.2, 0) is 0 Å². The highest BCUT2D eigenvalue weighted by Gasteiger charge is 2.07. The maximum absolute atomic E-state index is 12.9. The van der Waals surface area contributed by atoms with Gasteiger partial charge in [-0.1, -0.05) is 6.07 Å². The number of nitrogens with one attached hydrogen (secondary N) is 3. The molecule has 2 aromatic rings. The lowest BCUT2D eigenvalue weighted by molar-refractivity contribution is 0.0957. The first-order valence-electron chi connectivity index (χ1n) is 8.77. The summed E-state index contributed by atoms with van der Waals surface area (Å²) < 4.78 is 18.6. The van der Waals surface area contributed by atoms with Crippen LogP contribution in [0.25, 0.3) is 0 Å². The fourth-order valence-corrected chi connectivity index (χ4v) is 2.88. The molecule has 1 unspecified atom stereocenters. The zero-order valence-corrected chi connectivity index (χ0v) is 16.3. The van der Waals surface area contributed by atoms with E-state index in [9.17, 15) is 9.18 Å². The van der Waals surface area contributed by atoms with Gasteiger partial charge in [-0.05, 0) is 49.1 Å². The minimum atomic E-state index is -0.288. The van der Waals surface area contributed by atoms with Gasteiger partial charge in [0.1, 0.15) is 17.7 Å². The number of rotatable bonds is 9. The number of thiophene rings is 1. The number of hydrogen-bond acceptors (Lipinski definition) is 4. The van der Waals surface area contributed by atoms with Crippen molar-refractivity contribution in [2.45, 2.75) is 19.4 Å². The van der Waals surface area contributed by atoms with Crippen molar-refractivity contribution in [2.24, 2.45) is 4.99 Å². The fraction of sp³-hybridized carbons (Fsp3) is 0.368. The van der Waals surface area contributed by atoms with Gasteiger partial charge in [-0.3, -0.25) is 9.79 Å². The number of ether oxygens (including phenoxy) is 1. The minimum absolute atomic E-state index is 0.0423. The van der Waals surface area contributed by atoms with Gasteiger partial charge in [-0.15, -0.1) is 11.3 Å². The minimum Gasteiger partial charge on any atom is -0.489 e. The third-order valence-electron chi connectivity index (χ3n) is 3.61. The van der Waals surface area contributed by atoms with Crippen LogP contribution in [0.5, 0.6) is 5.75 Å². The van der Waals surface area contributed by atoms with Crippen molar-refractivity contribution in [3.63, 3.8) is 0 Å². The van der Waals surface area contributed by atoms with E-state index in [1.54, 1.807) is 25.2 Å². The quantitative estimate of drug-likeness (QED) is 0.348. The normalized spacial score (nSPS) is 12.3. The van der Waals surface area contributed by atoms with Crippen molar-refractivity contribution in [3.05, 3.63) is 52.5 Å². The first-order valence-corrected chi connectivity index (χ1v) is 9.65. The van der Waals surface area contributed by atoms with Crippen LogP contribution in [0.4, 0.5) is 4.39 Å². The molecule has 0 fully saturated rings. The molecule has 2 rings (SSSR count). The molecule has 1 aromatic carbocycles. The van der Waals surface area contributed by atoms with Crippen LogP contribution < -0.4 is 20.7 Å². The second-order valence-electron chi connectivity index (χ2n) is 5.85. The molecule has 3 N–H and O–H groups in total. The van der Waals surface area contributed by atoms with Gasteiger partial charge < -0.3 is 20.7 Å². The van der Waals surface area contributed by atoms with Gasteiger partial charge in [-0.2, -0.15) is 0 Å². The SMILES string of the molecule is CN=C(NCCCNC(=O)c1cccs1)NCC(C)Oc1ccc(F)cc1. The lowest BCUT2D eigenvalue weighted by atomic mass is 10.3. The van der Waals surface area contributed by atoms with Crippen LogP contribution in [0, 0.1) is 5.82 Å². The summed E-state index contributed by atoms with van der Waals surface area (Å²) in [7, 11) is 1.69. The molecule has 1 amide bonds. The molecule has 0 radical (unpaired) electrons. The maximum Gasteiger partial charge on any atom is 0.261 e. The lowest BCUT2D eigenvalue weighted by Gasteiger charge is -2.17. The van der Waals surface area contributed by atoms with E-state index in [1.165, 1.54) is 23.5 Å². The highest BCUT2D eigenvalue weighted by atomic mass is 32.1. The van der Waals surface area contributed by atoms with E-state index < -0.39 is 0 Å². The summed E-state index contributed by atoms with van der Waals surface area (Å²) in [6.45, 7) is 3.73. The molecule has 0 saturated carbocycles. The molecule has 8 heteroatoms. The van der Waals surface area contributed by atoms with Gasteiger partial charge in [0.15, 0.2) is 5.96 Å². The van der Waals surface area contributed by atoms with E-state index in [1.807, 2.05) is 18.4 Å². The van der Waals surface area contributed by atoms with Crippen LogP contribution in [0.15, 0.2) is 46.8 Å². The van der Waals surface area contributed by atoms with Crippen LogP contribution in [0.3, 0.4) is 0 Å². The summed E-state index contributed by atoms with van der Waals surface area (Å²) in [6.07, 6.45) is 0.665. The second kappa shape index (κ2) is 11.2. The Labute approximate surface area is 162 Å². The van der Waals surface area contributed by atoms with Gasteiger partial charge in [0.2, 0.25) is 0 Å². The topological polar surface area (TPSA) is 74.8 Å². The van der Waals surface area contributed by atoms with E-state index in [-0.39, 0.29) is 17.8 Å². The molecular formula is C19H25FN4O2S. The molecule has 1 aromatic heterocycles. The van der Waals surface area contributed by atoms with Gasteiger partial charge >= 0.3 is 0 Å². The predicted molar refractivity (Wildman–Crippen MR) is 107 cm³/mol. The zero-order valence-electron chi connectivity index (χ0n) is 15.5. The van der Waals surface area contributed by atoms with Crippen molar-refractivity contribution in [1.82, 2.24) is 16.0 Å². The van der Waals surface area contributed by atoms with Crippen LogP contribution in [-0.4, -0.2) is 44.7 Å². The summed E-state index contributed by atoms with van der Waals surface area (Å²) in [5, 5.41) is 11.1. The zero-order chi connectivity index (χ0) is 19.5. The van der Waals surface area contributed by atoms with E-state index in [2.05, 4.69) is 20.9 Å². The summed E-state index contributed by atoms with van der Waals surface area (Å²) in [4.78, 5) is 16.7. The van der Waals surface area contributed by atoms with Gasteiger partial charge in [0.05, 0.1) is 11.4 Å². The summed E-state index contributed by atoms with van der Waals surface area (Å²) in [5.74, 6) is 0.952. The van der Waals surface area contributed by atoms with Crippen LogP contribution in [0.1, 0.15) is 23.0 Å². The molecule has 0 aliphatic heterocycles. The number of halogens is 1. The Hall–Kier alpha value is -2.61. The van der Waals surface area contributed by atoms with E-state index in [0.717, 1.165) is 11.3 Å². The fourth-order valence-electron chi connectivity index (χ4n) is 2.24. The number of nitrogens with zero attached hydrogens (tertiary/aromatic N) is 1. The average molecular weight is 393 g/mol. The van der Waals surface area contributed by atoms with Crippen molar-refractivity contribution < 1.29 is 13.9 Å². The Kier molecular flexibility index (Phi) is 8.57. The van der Waals surface area contributed by atoms with E-state index in [0.29, 0.717) is 31.3 Å². The van der Waals surface area contributed by atoms with Gasteiger partial charge in [0.25, 0.3) is 5.91 Å². The van der Waals surface area contributed by atoms with Crippen LogP contribution >= 0.6 is 11.3 Å². The molecule has 27 heavy (non-hydrogen) atoms. The lowest BCUT2D eigenvalue weighted by Crippen LogP contribution is -2.42. The first kappa shape index (κ1) is 20.7. The second-order valence-corrected chi connectivity index (χ2v) is 6.80. The molecule has 6 nitrogen and oxygen atoms in total. The molecule has 0 saturated heterocycles. The highest BCUT2D eigenvalue weighted by molar-refractivity contribution is 7.12. The molecule has 0 aliphatic carbocycles. The molecule has 0 bridgehead atoms. The van der Waals surface area contributed by atoms with E-state index in [4.69, 9.17) is 4.74 Å². The highest BCUT2D eigenvalue weighted by Crippen LogP contribution is 2.12. The molecule has 0 aliphatic rings. The molecule has 146 valence electrons.